The van der Waals surface area contributed by atoms with Gasteiger partial charge >= 0.3 is 0 Å². The molecule has 0 bridgehead atoms. The minimum absolute atomic E-state index is 0.411. The number of nitrogens with zero attached hydrogens (tertiary/aromatic N) is 1. The van der Waals surface area contributed by atoms with Gasteiger partial charge in [0.05, 0.1) is 5.54 Å². The third-order valence-corrected chi connectivity index (χ3v) is 4.75. The van der Waals surface area contributed by atoms with Gasteiger partial charge in [0, 0.05) is 13.1 Å². The van der Waals surface area contributed by atoms with Crippen molar-refractivity contribution in [1.82, 2.24) is 4.90 Å². The summed E-state index contributed by atoms with van der Waals surface area (Å²) in [6.07, 6.45) is 3.93. The van der Waals surface area contributed by atoms with Crippen molar-refractivity contribution in [2.24, 2.45) is 0 Å². The molecule has 0 saturated heterocycles. The van der Waals surface area contributed by atoms with E-state index in [-0.39, 0.29) is 0 Å². The van der Waals surface area contributed by atoms with Crippen LogP contribution in [0.4, 0.5) is 0 Å². The maximum absolute atomic E-state index is 4.00. The Morgan fingerprint density at radius 3 is 1.15 bits per heavy atom. The Labute approximate surface area is 156 Å². The van der Waals surface area contributed by atoms with Crippen molar-refractivity contribution < 1.29 is 0 Å². The summed E-state index contributed by atoms with van der Waals surface area (Å²) in [5, 5.41) is 0. The minimum atomic E-state index is -0.411. The summed E-state index contributed by atoms with van der Waals surface area (Å²) in [5.41, 5.74) is 3.30. The SMILES string of the molecule is C=CCN(CC=C)C(c1ccccc1)(c1ccccc1)c1ccccc1. The van der Waals surface area contributed by atoms with Crippen molar-refractivity contribution in [3.05, 3.63) is 133 Å². The molecule has 3 aromatic carbocycles. The van der Waals surface area contributed by atoms with E-state index in [1.807, 2.05) is 12.2 Å². The molecule has 0 N–H and O–H groups in total. The molecule has 0 amide bonds. The van der Waals surface area contributed by atoms with Crippen LogP contribution in [-0.2, 0) is 5.54 Å². The molecule has 0 fully saturated rings. The van der Waals surface area contributed by atoms with Gasteiger partial charge in [0.2, 0.25) is 0 Å². The Bertz CT molecular complexity index is 715. The molecule has 1 heteroatoms. The van der Waals surface area contributed by atoms with E-state index in [2.05, 4.69) is 109 Å². The molecule has 0 spiro atoms. The summed E-state index contributed by atoms with van der Waals surface area (Å²) in [4.78, 5) is 2.42. The molecule has 130 valence electrons. The van der Waals surface area contributed by atoms with Gasteiger partial charge < -0.3 is 0 Å². The highest BCUT2D eigenvalue weighted by Gasteiger charge is 2.40. The molecule has 0 aliphatic heterocycles. The number of rotatable bonds is 8. The average Bonchev–Trinajstić information content (AvgIpc) is 2.71. The van der Waals surface area contributed by atoms with E-state index in [1.165, 1.54) is 16.7 Å². The van der Waals surface area contributed by atoms with Gasteiger partial charge in [-0.1, -0.05) is 103 Å². The highest BCUT2D eigenvalue weighted by molar-refractivity contribution is 5.49. The number of hydrogen-bond acceptors (Lipinski definition) is 1. The fourth-order valence-electron chi connectivity index (χ4n) is 3.75. The van der Waals surface area contributed by atoms with E-state index in [0.717, 1.165) is 13.1 Å². The van der Waals surface area contributed by atoms with E-state index in [0.29, 0.717) is 0 Å². The number of hydrogen-bond donors (Lipinski definition) is 0. The van der Waals surface area contributed by atoms with Crippen LogP contribution in [0.1, 0.15) is 16.7 Å². The van der Waals surface area contributed by atoms with Crippen LogP contribution < -0.4 is 0 Å². The lowest BCUT2D eigenvalue weighted by molar-refractivity contribution is 0.196. The average molecular weight is 339 g/mol. The van der Waals surface area contributed by atoms with Crippen LogP contribution in [0.2, 0.25) is 0 Å². The molecule has 0 unspecified atom stereocenters. The maximum Gasteiger partial charge on any atom is 0.0978 e. The third kappa shape index (κ3) is 3.26. The zero-order chi connectivity index (χ0) is 18.2. The van der Waals surface area contributed by atoms with Crippen LogP contribution >= 0.6 is 0 Å². The maximum atomic E-state index is 4.00. The lowest BCUT2D eigenvalue weighted by atomic mass is 9.75. The lowest BCUT2D eigenvalue weighted by Gasteiger charge is -2.45. The van der Waals surface area contributed by atoms with Gasteiger partial charge in [0.25, 0.3) is 0 Å². The highest BCUT2D eigenvalue weighted by Crippen LogP contribution is 2.42. The molecule has 3 rings (SSSR count). The monoisotopic (exact) mass is 339 g/mol. The van der Waals surface area contributed by atoms with Crippen molar-refractivity contribution in [2.75, 3.05) is 13.1 Å². The molecule has 26 heavy (non-hydrogen) atoms. The van der Waals surface area contributed by atoms with Gasteiger partial charge in [-0.05, 0) is 16.7 Å². The minimum Gasteiger partial charge on any atom is -0.279 e. The second-order valence-corrected chi connectivity index (χ2v) is 6.29. The molecule has 0 aromatic heterocycles. The zero-order valence-electron chi connectivity index (χ0n) is 15.1. The van der Waals surface area contributed by atoms with Crippen LogP contribution in [0.25, 0.3) is 0 Å². The van der Waals surface area contributed by atoms with Crippen LogP contribution in [0, 0.1) is 0 Å². The summed E-state index contributed by atoms with van der Waals surface area (Å²) in [5.74, 6) is 0. The fourth-order valence-corrected chi connectivity index (χ4v) is 3.75. The first kappa shape index (κ1) is 17.9. The summed E-state index contributed by atoms with van der Waals surface area (Å²) in [6, 6.07) is 32.1. The number of benzene rings is 3. The van der Waals surface area contributed by atoms with Crippen molar-refractivity contribution in [3.63, 3.8) is 0 Å². The summed E-state index contributed by atoms with van der Waals surface area (Å²) >= 11 is 0. The highest BCUT2D eigenvalue weighted by atomic mass is 15.2. The van der Waals surface area contributed by atoms with Gasteiger partial charge in [0.1, 0.15) is 0 Å². The van der Waals surface area contributed by atoms with Gasteiger partial charge in [-0.2, -0.15) is 0 Å². The summed E-state index contributed by atoms with van der Waals surface area (Å²) in [6.45, 7) is 9.51. The van der Waals surface area contributed by atoms with Gasteiger partial charge in [0.15, 0.2) is 0 Å². The molecular formula is C25H25N. The van der Waals surface area contributed by atoms with E-state index in [1.54, 1.807) is 0 Å². The Hall–Kier alpha value is -2.90. The summed E-state index contributed by atoms with van der Waals surface area (Å²) in [7, 11) is 0. The first-order chi connectivity index (χ1) is 12.8. The second-order valence-electron chi connectivity index (χ2n) is 6.29. The van der Waals surface area contributed by atoms with Gasteiger partial charge in [-0.15, -0.1) is 13.2 Å². The van der Waals surface area contributed by atoms with E-state index in [9.17, 15) is 0 Å². The largest absolute Gasteiger partial charge is 0.279 e. The first-order valence-electron chi connectivity index (χ1n) is 8.97. The standard InChI is InChI=1S/C25H25N/c1-3-20-26(21-4-2)25(22-14-8-5-9-15-22,23-16-10-6-11-17-23)24-18-12-7-13-19-24/h3-19H,1-2,20-21H2. The van der Waals surface area contributed by atoms with E-state index >= 15 is 0 Å². The quantitative estimate of drug-likeness (QED) is 0.378. The Morgan fingerprint density at radius 2 is 0.885 bits per heavy atom. The molecule has 0 aliphatic rings. The Kier molecular flexibility index (Phi) is 5.83. The molecule has 0 atom stereocenters. The summed E-state index contributed by atoms with van der Waals surface area (Å²) < 4.78 is 0. The topological polar surface area (TPSA) is 3.24 Å². The van der Waals surface area contributed by atoms with Crippen LogP contribution in [0.15, 0.2) is 116 Å². The van der Waals surface area contributed by atoms with Gasteiger partial charge in [-0.25, -0.2) is 0 Å². The fraction of sp³-hybridized carbons (Fsp3) is 0.120. The molecule has 3 aromatic rings. The van der Waals surface area contributed by atoms with Crippen molar-refractivity contribution in [3.8, 4) is 0 Å². The molecule has 0 aliphatic carbocycles. The van der Waals surface area contributed by atoms with Crippen molar-refractivity contribution in [1.29, 1.82) is 0 Å². The Balaban J connectivity index is 2.38. The van der Waals surface area contributed by atoms with E-state index in [4.69, 9.17) is 0 Å². The lowest BCUT2D eigenvalue weighted by Crippen LogP contribution is -2.48. The Morgan fingerprint density at radius 1 is 0.577 bits per heavy atom. The predicted molar refractivity (Wildman–Crippen MR) is 111 cm³/mol. The van der Waals surface area contributed by atoms with Crippen LogP contribution in [0.5, 0.6) is 0 Å². The van der Waals surface area contributed by atoms with Crippen molar-refractivity contribution in [2.45, 2.75) is 5.54 Å². The molecule has 0 heterocycles. The second kappa shape index (κ2) is 8.46. The normalized spacial score (nSPS) is 11.3. The third-order valence-electron chi connectivity index (χ3n) is 4.75. The van der Waals surface area contributed by atoms with Crippen LogP contribution in [-0.4, -0.2) is 18.0 Å². The van der Waals surface area contributed by atoms with Crippen molar-refractivity contribution >= 4 is 0 Å². The van der Waals surface area contributed by atoms with Gasteiger partial charge in [-0.3, -0.25) is 4.90 Å². The first-order valence-corrected chi connectivity index (χ1v) is 8.97. The van der Waals surface area contributed by atoms with Crippen LogP contribution in [0.3, 0.4) is 0 Å². The zero-order valence-corrected chi connectivity index (χ0v) is 15.1. The molecule has 0 saturated carbocycles. The predicted octanol–water partition coefficient (Wildman–Crippen LogP) is 5.65. The molecule has 1 nitrogen and oxygen atoms in total. The van der Waals surface area contributed by atoms with E-state index < -0.39 is 5.54 Å². The molecule has 0 radical (unpaired) electrons. The smallest absolute Gasteiger partial charge is 0.0978 e. The molecular weight excluding hydrogens is 314 g/mol.